The number of likely N-dealkylation sites (N-methyl/N-ethyl adjacent to an activating group) is 1. The molecule has 18 heavy (non-hydrogen) atoms. The lowest BCUT2D eigenvalue weighted by atomic mass is 9.84. The SMILES string of the molecule is CNCC1CCCN1C1CCCC(C(F)(F)F)C1. The number of nitrogens with zero attached hydrogens (tertiary/aromatic N) is 1. The van der Waals surface area contributed by atoms with Crippen molar-refractivity contribution < 1.29 is 13.2 Å². The molecule has 0 radical (unpaired) electrons. The Labute approximate surface area is 107 Å². The van der Waals surface area contributed by atoms with Crippen LogP contribution in [0.25, 0.3) is 0 Å². The van der Waals surface area contributed by atoms with Crippen LogP contribution in [0.4, 0.5) is 13.2 Å². The molecule has 3 unspecified atom stereocenters. The Morgan fingerprint density at radius 2 is 1.94 bits per heavy atom. The fourth-order valence-corrected chi connectivity index (χ4v) is 3.56. The van der Waals surface area contributed by atoms with E-state index in [1.807, 2.05) is 7.05 Å². The molecule has 106 valence electrons. The summed E-state index contributed by atoms with van der Waals surface area (Å²) in [5.74, 6) is -1.08. The molecule has 1 saturated carbocycles. The Morgan fingerprint density at radius 3 is 2.61 bits per heavy atom. The highest BCUT2D eigenvalue weighted by atomic mass is 19.4. The first-order chi connectivity index (χ1) is 8.52. The molecule has 0 aromatic rings. The van der Waals surface area contributed by atoms with Crippen molar-refractivity contribution in [1.29, 1.82) is 0 Å². The van der Waals surface area contributed by atoms with Crippen LogP contribution in [0, 0.1) is 5.92 Å². The first kappa shape index (κ1) is 14.1. The third kappa shape index (κ3) is 3.18. The monoisotopic (exact) mass is 264 g/mol. The maximum atomic E-state index is 12.8. The van der Waals surface area contributed by atoms with Crippen molar-refractivity contribution in [2.75, 3.05) is 20.1 Å². The third-order valence-corrected chi connectivity index (χ3v) is 4.44. The molecule has 0 amide bonds. The van der Waals surface area contributed by atoms with Crippen LogP contribution in [0.3, 0.4) is 0 Å². The Bertz CT molecular complexity index is 267. The molecule has 1 aliphatic heterocycles. The topological polar surface area (TPSA) is 15.3 Å². The van der Waals surface area contributed by atoms with Crippen molar-refractivity contribution in [3.63, 3.8) is 0 Å². The third-order valence-electron chi connectivity index (χ3n) is 4.44. The van der Waals surface area contributed by atoms with Gasteiger partial charge in [0.1, 0.15) is 0 Å². The van der Waals surface area contributed by atoms with Gasteiger partial charge in [-0.3, -0.25) is 4.90 Å². The normalized spacial score (nSPS) is 35.0. The molecule has 1 saturated heterocycles. The minimum atomic E-state index is -4.00. The standard InChI is InChI=1S/C13H23F3N2/c1-17-9-12-6-3-7-18(12)11-5-2-4-10(8-11)13(14,15)16/h10-12,17H,2-9H2,1H3. The zero-order chi connectivity index (χ0) is 13.2. The molecule has 5 heteroatoms. The van der Waals surface area contributed by atoms with Crippen LogP contribution in [-0.4, -0.2) is 43.3 Å². The second-order valence-electron chi connectivity index (χ2n) is 5.65. The lowest BCUT2D eigenvalue weighted by molar-refractivity contribution is -0.187. The number of likely N-dealkylation sites (tertiary alicyclic amines) is 1. The first-order valence-electron chi connectivity index (χ1n) is 6.99. The molecule has 2 fully saturated rings. The van der Waals surface area contributed by atoms with Crippen molar-refractivity contribution in [2.45, 2.75) is 56.8 Å². The number of rotatable bonds is 3. The largest absolute Gasteiger partial charge is 0.391 e. The average molecular weight is 264 g/mol. The summed E-state index contributed by atoms with van der Waals surface area (Å²) in [5, 5.41) is 3.16. The summed E-state index contributed by atoms with van der Waals surface area (Å²) in [5.41, 5.74) is 0. The minimum Gasteiger partial charge on any atom is -0.318 e. The Morgan fingerprint density at radius 1 is 1.17 bits per heavy atom. The number of alkyl halides is 3. The van der Waals surface area contributed by atoms with Crippen molar-refractivity contribution in [3.05, 3.63) is 0 Å². The summed E-state index contributed by atoms with van der Waals surface area (Å²) in [6.07, 6.45) is 0.531. The van der Waals surface area contributed by atoms with E-state index < -0.39 is 12.1 Å². The van der Waals surface area contributed by atoms with E-state index in [4.69, 9.17) is 0 Å². The van der Waals surface area contributed by atoms with E-state index >= 15 is 0 Å². The van der Waals surface area contributed by atoms with Crippen molar-refractivity contribution in [1.82, 2.24) is 10.2 Å². The quantitative estimate of drug-likeness (QED) is 0.843. The number of halogens is 3. The lowest BCUT2D eigenvalue weighted by Gasteiger charge is -2.39. The van der Waals surface area contributed by atoms with Crippen LogP contribution < -0.4 is 5.32 Å². The van der Waals surface area contributed by atoms with E-state index in [9.17, 15) is 13.2 Å². The van der Waals surface area contributed by atoms with Gasteiger partial charge in [0.2, 0.25) is 0 Å². The number of hydrogen-bond acceptors (Lipinski definition) is 2. The predicted octanol–water partition coefficient (Wildman–Crippen LogP) is 2.79. The molecule has 0 aromatic heterocycles. The molecule has 2 rings (SSSR count). The van der Waals surface area contributed by atoms with Crippen LogP contribution in [0.2, 0.25) is 0 Å². The smallest absolute Gasteiger partial charge is 0.318 e. The Kier molecular flexibility index (Phi) is 4.54. The van der Waals surface area contributed by atoms with Gasteiger partial charge in [-0.15, -0.1) is 0 Å². The second-order valence-corrected chi connectivity index (χ2v) is 5.65. The fourth-order valence-electron chi connectivity index (χ4n) is 3.56. The maximum absolute atomic E-state index is 12.8. The molecule has 0 bridgehead atoms. The minimum absolute atomic E-state index is 0.145. The van der Waals surface area contributed by atoms with Gasteiger partial charge in [0.25, 0.3) is 0 Å². The second kappa shape index (κ2) is 5.78. The highest BCUT2D eigenvalue weighted by Gasteiger charge is 2.44. The summed E-state index contributed by atoms with van der Waals surface area (Å²) >= 11 is 0. The van der Waals surface area contributed by atoms with Gasteiger partial charge in [0.15, 0.2) is 0 Å². The van der Waals surface area contributed by atoms with E-state index in [0.29, 0.717) is 18.9 Å². The van der Waals surface area contributed by atoms with Gasteiger partial charge in [0, 0.05) is 18.6 Å². The van der Waals surface area contributed by atoms with Crippen molar-refractivity contribution in [3.8, 4) is 0 Å². The predicted molar refractivity (Wildman–Crippen MR) is 65.5 cm³/mol. The van der Waals surface area contributed by atoms with E-state index in [-0.39, 0.29) is 6.04 Å². The molecule has 1 heterocycles. The molecular formula is C13H23F3N2. The zero-order valence-electron chi connectivity index (χ0n) is 11.0. The molecule has 0 spiro atoms. The van der Waals surface area contributed by atoms with Gasteiger partial charge >= 0.3 is 6.18 Å². The number of nitrogens with one attached hydrogen (secondary N) is 1. The van der Waals surface area contributed by atoms with Gasteiger partial charge in [-0.2, -0.15) is 13.2 Å². The van der Waals surface area contributed by atoms with Gasteiger partial charge in [-0.05, 0) is 45.7 Å². The molecule has 2 nitrogen and oxygen atoms in total. The first-order valence-corrected chi connectivity index (χ1v) is 6.99. The summed E-state index contributed by atoms with van der Waals surface area (Å²) in [6, 6.07) is 0.582. The summed E-state index contributed by atoms with van der Waals surface area (Å²) in [4.78, 5) is 2.33. The van der Waals surface area contributed by atoms with Crippen LogP contribution in [0.1, 0.15) is 38.5 Å². The molecule has 0 aromatic carbocycles. The van der Waals surface area contributed by atoms with Crippen molar-refractivity contribution >= 4 is 0 Å². The summed E-state index contributed by atoms with van der Waals surface area (Å²) in [7, 11) is 1.91. The van der Waals surface area contributed by atoms with Gasteiger partial charge in [-0.1, -0.05) is 6.42 Å². The molecular weight excluding hydrogens is 241 g/mol. The zero-order valence-corrected chi connectivity index (χ0v) is 11.0. The van der Waals surface area contributed by atoms with E-state index in [0.717, 1.165) is 38.8 Å². The van der Waals surface area contributed by atoms with Gasteiger partial charge in [-0.25, -0.2) is 0 Å². The van der Waals surface area contributed by atoms with Crippen LogP contribution >= 0.6 is 0 Å². The summed E-state index contributed by atoms with van der Waals surface area (Å²) in [6.45, 7) is 1.87. The Hall–Kier alpha value is -0.290. The van der Waals surface area contributed by atoms with Crippen LogP contribution in [0.5, 0.6) is 0 Å². The lowest BCUT2D eigenvalue weighted by Crippen LogP contribution is -2.46. The van der Waals surface area contributed by atoms with Gasteiger partial charge in [0.05, 0.1) is 5.92 Å². The van der Waals surface area contributed by atoms with E-state index in [1.54, 1.807) is 0 Å². The summed E-state index contributed by atoms with van der Waals surface area (Å²) < 4.78 is 38.4. The maximum Gasteiger partial charge on any atom is 0.391 e. The molecule has 1 N–H and O–H groups in total. The van der Waals surface area contributed by atoms with E-state index in [2.05, 4.69) is 10.2 Å². The molecule has 3 atom stereocenters. The van der Waals surface area contributed by atoms with Crippen LogP contribution in [-0.2, 0) is 0 Å². The van der Waals surface area contributed by atoms with Crippen LogP contribution in [0.15, 0.2) is 0 Å². The Balaban J connectivity index is 1.96. The van der Waals surface area contributed by atoms with E-state index in [1.165, 1.54) is 0 Å². The number of hydrogen-bond donors (Lipinski definition) is 1. The van der Waals surface area contributed by atoms with Crippen molar-refractivity contribution in [2.24, 2.45) is 5.92 Å². The average Bonchev–Trinajstić information content (AvgIpc) is 2.77. The highest BCUT2D eigenvalue weighted by molar-refractivity contribution is 4.90. The fraction of sp³-hybridized carbons (Fsp3) is 1.00. The molecule has 2 aliphatic rings. The molecule has 1 aliphatic carbocycles. The van der Waals surface area contributed by atoms with Gasteiger partial charge < -0.3 is 5.32 Å². The highest BCUT2D eigenvalue weighted by Crippen LogP contribution is 2.40.